The molecular formula is C18H23IN2O3. The van der Waals surface area contributed by atoms with Gasteiger partial charge in [-0.25, -0.2) is 9.59 Å². The second-order valence-corrected chi connectivity index (χ2v) is 7.44. The molecule has 1 aromatic carbocycles. The van der Waals surface area contributed by atoms with Gasteiger partial charge in [0.25, 0.3) is 0 Å². The SMILES string of the molecule is CC1=C(C(=O)OCCC(C)C)[C@H](c2ccccc2I)NC(=O)N1C. The Kier molecular flexibility index (Phi) is 6.26. The van der Waals surface area contributed by atoms with Crippen molar-refractivity contribution in [3.63, 3.8) is 0 Å². The first-order valence-electron chi connectivity index (χ1n) is 7.99. The molecule has 24 heavy (non-hydrogen) atoms. The van der Waals surface area contributed by atoms with Gasteiger partial charge >= 0.3 is 12.0 Å². The lowest BCUT2D eigenvalue weighted by molar-refractivity contribution is -0.140. The number of nitrogens with zero attached hydrogens (tertiary/aromatic N) is 1. The maximum Gasteiger partial charge on any atom is 0.338 e. The normalized spacial score (nSPS) is 18.0. The number of ether oxygens (including phenoxy) is 1. The van der Waals surface area contributed by atoms with Crippen molar-refractivity contribution in [3.8, 4) is 0 Å². The zero-order valence-electron chi connectivity index (χ0n) is 14.4. The molecule has 0 fully saturated rings. The molecule has 0 bridgehead atoms. The average molecular weight is 442 g/mol. The van der Waals surface area contributed by atoms with E-state index in [1.165, 1.54) is 4.90 Å². The zero-order valence-corrected chi connectivity index (χ0v) is 16.6. The van der Waals surface area contributed by atoms with Crippen LogP contribution in [0.5, 0.6) is 0 Å². The van der Waals surface area contributed by atoms with Crippen molar-refractivity contribution >= 4 is 34.6 Å². The summed E-state index contributed by atoms with van der Waals surface area (Å²) in [5.41, 5.74) is 2.01. The molecule has 0 radical (unpaired) electrons. The summed E-state index contributed by atoms with van der Waals surface area (Å²) in [6, 6.07) is 6.99. The van der Waals surface area contributed by atoms with E-state index < -0.39 is 6.04 Å². The molecule has 0 unspecified atom stereocenters. The van der Waals surface area contributed by atoms with Crippen LogP contribution >= 0.6 is 22.6 Å². The average Bonchev–Trinajstić information content (AvgIpc) is 2.52. The third-order valence-electron chi connectivity index (χ3n) is 4.12. The molecule has 2 amide bonds. The van der Waals surface area contributed by atoms with Gasteiger partial charge in [-0.1, -0.05) is 32.0 Å². The van der Waals surface area contributed by atoms with Crippen molar-refractivity contribution in [1.29, 1.82) is 0 Å². The summed E-state index contributed by atoms with van der Waals surface area (Å²) < 4.78 is 6.45. The Hall–Kier alpha value is -1.57. The Morgan fingerprint density at radius 2 is 2.04 bits per heavy atom. The van der Waals surface area contributed by atoms with Gasteiger partial charge in [0.1, 0.15) is 0 Å². The van der Waals surface area contributed by atoms with Crippen LogP contribution in [0.4, 0.5) is 4.79 Å². The summed E-state index contributed by atoms with van der Waals surface area (Å²) in [6.45, 7) is 6.33. The van der Waals surface area contributed by atoms with E-state index in [4.69, 9.17) is 4.74 Å². The van der Waals surface area contributed by atoms with Gasteiger partial charge < -0.3 is 15.0 Å². The van der Waals surface area contributed by atoms with Crippen molar-refractivity contribution in [1.82, 2.24) is 10.2 Å². The monoisotopic (exact) mass is 442 g/mol. The van der Waals surface area contributed by atoms with Gasteiger partial charge in [0.2, 0.25) is 0 Å². The van der Waals surface area contributed by atoms with E-state index >= 15 is 0 Å². The summed E-state index contributed by atoms with van der Waals surface area (Å²) in [5, 5.41) is 2.91. The highest BCUT2D eigenvalue weighted by Crippen LogP contribution is 2.32. The Balaban J connectivity index is 2.36. The first-order chi connectivity index (χ1) is 11.3. The molecule has 1 aliphatic heterocycles. The molecule has 0 aliphatic carbocycles. The largest absolute Gasteiger partial charge is 0.462 e. The van der Waals surface area contributed by atoms with E-state index in [1.807, 2.05) is 24.3 Å². The summed E-state index contributed by atoms with van der Waals surface area (Å²) >= 11 is 2.21. The first kappa shape index (κ1) is 18.8. The number of halogens is 1. The minimum Gasteiger partial charge on any atom is -0.462 e. The van der Waals surface area contributed by atoms with Crippen molar-refractivity contribution < 1.29 is 14.3 Å². The first-order valence-corrected chi connectivity index (χ1v) is 9.07. The van der Waals surface area contributed by atoms with Crippen LogP contribution in [0, 0.1) is 9.49 Å². The van der Waals surface area contributed by atoms with E-state index in [0.717, 1.165) is 15.6 Å². The highest BCUT2D eigenvalue weighted by atomic mass is 127. The van der Waals surface area contributed by atoms with Crippen LogP contribution in [0.2, 0.25) is 0 Å². The molecule has 1 atom stereocenters. The van der Waals surface area contributed by atoms with E-state index in [1.54, 1.807) is 14.0 Å². The second kappa shape index (κ2) is 8.00. The van der Waals surface area contributed by atoms with Crippen LogP contribution in [0.3, 0.4) is 0 Å². The number of rotatable bonds is 5. The summed E-state index contributed by atoms with van der Waals surface area (Å²) in [4.78, 5) is 26.3. The lowest BCUT2D eigenvalue weighted by atomic mass is 9.95. The van der Waals surface area contributed by atoms with Gasteiger partial charge in [0, 0.05) is 16.3 Å². The molecule has 1 aliphatic rings. The highest BCUT2D eigenvalue weighted by Gasteiger charge is 2.35. The quantitative estimate of drug-likeness (QED) is 0.557. The van der Waals surface area contributed by atoms with Gasteiger partial charge in [0.15, 0.2) is 0 Å². The third-order valence-corrected chi connectivity index (χ3v) is 5.10. The molecule has 0 spiro atoms. The van der Waals surface area contributed by atoms with Gasteiger partial charge in [-0.05, 0) is 53.5 Å². The maximum atomic E-state index is 12.7. The van der Waals surface area contributed by atoms with Crippen LogP contribution in [0.25, 0.3) is 0 Å². The van der Waals surface area contributed by atoms with Crippen molar-refractivity contribution in [2.75, 3.05) is 13.7 Å². The number of allylic oxidation sites excluding steroid dienone is 1. The fourth-order valence-electron chi connectivity index (χ4n) is 2.51. The van der Waals surface area contributed by atoms with Crippen molar-refractivity contribution in [3.05, 3.63) is 44.7 Å². The predicted octanol–water partition coefficient (Wildman–Crippen LogP) is 3.85. The minimum atomic E-state index is -0.492. The van der Waals surface area contributed by atoms with Crippen LogP contribution in [0.15, 0.2) is 35.5 Å². The Labute approximate surface area is 156 Å². The molecule has 1 N–H and O–H groups in total. The van der Waals surface area contributed by atoms with Gasteiger partial charge in [-0.15, -0.1) is 0 Å². The Morgan fingerprint density at radius 3 is 2.67 bits per heavy atom. The number of hydrogen-bond acceptors (Lipinski definition) is 3. The number of carbonyl (C=O) groups is 2. The molecular weight excluding hydrogens is 419 g/mol. The molecule has 0 aromatic heterocycles. The number of nitrogens with one attached hydrogen (secondary N) is 1. The highest BCUT2D eigenvalue weighted by molar-refractivity contribution is 14.1. The van der Waals surface area contributed by atoms with Gasteiger partial charge in [-0.3, -0.25) is 0 Å². The Morgan fingerprint density at radius 1 is 1.38 bits per heavy atom. The molecule has 6 heteroatoms. The van der Waals surface area contributed by atoms with Crippen molar-refractivity contribution in [2.45, 2.75) is 33.2 Å². The minimum absolute atomic E-state index is 0.226. The zero-order chi connectivity index (χ0) is 17.9. The molecule has 0 saturated heterocycles. The van der Waals surface area contributed by atoms with E-state index in [9.17, 15) is 9.59 Å². The number of amides is 2. The van der Waals surface area contributed by atoms with Crippen LogP contribution < -0.4 is 5.32 Å². The maximum absolute atomic E-state index is 12.7. The topological polar surface area (TPSA) is 58.6 Å². The Bertz CT molecular complexity index is 670. The van der Waals surface area contributed by atoms with Crippen LogP contribution in [-0.2, 0) is 9.53 Å². The number of carbonyl (C=O) groups excluding carboxylic acids is 2. The summed E-state index contributed by atoms with van der Waals surface area (Å²) in [7, 11) is 1.65. The van der Waals surface area contributed by atoms with Crippen molar-refractivity contribution in [2.24, 2.45) is 5.92 Å². The fourth-order valence-corrected chi connectivity index (χ4v) is 3.21. The summed E-state index contributed by atoms with van der Waals surface area (Å²) in [5.74, 6) is 0.0946. The molecule has 1 heterocycles. The smallest absolute Gasteiger partial charge is 0.338 e. The number of esters is 1. The molecule has 130 valence electrons. The number of benzene rings is 1. The summed E-state index contributed by atoms with van der Waals surface area (Å²) in [6.07, 6.45) is 0.813. The van der Waals surface area contributed by atoms with E-state index in [2.05, 4.69) is 41.8 Å². The van der Waals surface area contributed by atoms with Crippen LogP contribution in [-0.4, -0.2) is 30.6 Å². The van der Waals surface area contributed by atoms with Crippen LogP contribution in [0.1, 0.15) is 38.8 Å². The fraction of sp³-hybridized carbons (Fsp3) is 0.444. The molecule has 1 aromatic rings. The van der Waals surface area contributed by atoms with Gasteiger partial charge in [0.05, 0.1) is 18.2 Å². The lowest BCUT2D eigenvalue weighted by Gasteiger charge is -2.33. The molecule has 0 saturated carbocycles. The lowest BCUT2D eigenvalue weighted by Crippen LogP contribution is -2.46. The molecule has 2 rings (SSSR count). The van der Waals surface area contributed by atoms with E-state index in [-0.39, 0.29) is 12.0 Å². The van der Waals surface area contributed by atoms with Gasteiger partial charge in [-0.2, -0.15) is 0 Å². The standard InChI is InChI=1S/C18H23IN2O3/c1-11(2)9-10-24-17(22)15-12(3)21(4)18(23)20-16(15)13-7-5-6-8-14(13)19/h5-8,11,16H,9-10H2,1-4H3,(H,20,23)/t16-/m0/s1. The predicted molar refractivity (Wildman–Crippen MR) is 101 cm³/mol. The molecule has 5 nitrogen and oxygen atoms in total. The number of hydrogen-bond donors (Lipinski definition) is 1. The van der Waals surface area contributed by atoms with E-state index in [0.29, 0.717) is 23.8 Å². The second-order valence-electron chi connectivity index (χ2n) is 6.28. The third kappa shape index (κ3) is 4.09. The number of urea groups is 1.